The van der Waals surface area contributed by atoms with Gasteiger partial charge in [-0.1, -0.05) is 11.6 Å². The predicted molar refractivity (Wildman–Crippen MR) is 73.4 cm³/mol. The van der Waals surface area contributed by atoms with Gasteiger partial charge in [-0.2, -0.15) is 26.3 Å². The Balaban J connectivity index is 2.40. The molecule has 0 bridgehead atoms. The number of rotatable bonds is 2. The highest BCUT2D eigenvalue weighted by Crippen LogP contribution is 2.38. The maximum Gasteiger partial charge on any atom is 0.417 e. The molecule has 0 aliphatic carbocycles. The Hall–Kier alpha value is -2.16. The summed E-state index contributed by atoms with van der Waals surface area (Å²) in [5.41, 5.74) is 2.84. The zero-order chi connectivity index (χ0) is 17.4. The summed E-state index contributed by atoms with van der Waals surface area (Å²) in [5, 5.41) is 1.85. The van der Waals surface area contributed by atoms with Gasteiger partial charge in [-0.05, 0) is 24.3 Å². The standard InChI is InChI=1S/C13H8ClF6N3/c14-9-2-1-7(4-8(9)13(18,19)20)23-10-3-6(12(15,16)17)5-22-11(10)21/h1-5,23H,(H2,21,22). The molecule has 124 valence electrons. The van der Waals surface area contributed by atoms with Crippen molar-refractivity contribution in [1.82, 2.24) is 4.98 Å². The van der Waals surface area contributed by atoms with E-state index >= 15 is 0 Å². The van der Waals surface area contributed by atoms with E-state index in [-0.39, 0.29) is 17.2 Å². The summed E-state index contributed by atoms with van der Waals surface area (Å²) in [4.78, 5) is 3.38. The molecule has 0 aliphatic heterocycles. The molecule has 2 aromatic rings. The maximum atomic E-state index is 12.8. The molecular weight excluding hydrogens is 348 g/mol. The van der Waals surface area contributed by atoms with E-state index in [9.17, 15) is 26.3 Å². The topological polar surface area (TPSA) is 50.9 Å². The Morgan fingerprint density at radius 1 is 1.00 bits per heavy atom. The first-order valence-corrected chi connectivity index (χ1v) is 6.33. The van der Waals surface area contributed by atoms with Crippen LogP contribution in [-0.2, 0) is 12.4 Å². The minimum absolute atomic E-state index is 0.130. The van der Waals surface area contributed by atoms with Crippen molar-refractivity contribution < 1.29 is 26.3 Å². The summed E-state index contributed by atoms with van der Waals surface area (Å²) in [6.07, 6.45) is -8.83. The molecule has 0 aliphatic rings. The summed E-state index contributed by atoms with van der Waals surface area (Å²) in [6.45, 7) is 0. The SMILES string of the molecule is Nc1ncc(C(F)(F)F)cc1Nc1ccc(Cl)c(C(F)(F)F)c1. The van der Waals surface area contributed by atoms with Crippen molar-refractivity contribution in [3.05, 3.63) is 46.6 Å². The van der Waals surface area contributed by atoms with Gasteiger partial charge >= 0.3 is 12.4 Å². The Morgan fingerprint density at radius 3 is 2.22 bits per heavy atom. The number of nitrogens with two attached hydrogens (primary N) is 1. The van der Waals surface area contributed by atoms with Crippen LogP contribution in [0, 0.1) is 0 Å². The second-order valence-corrected chi connectivity index (χ2v) is 4.88. The lowest BCUT2D eigenvalue weighted by atomic mass is 10.1. The van der Waals surface area contributed by atoms with Gasteiger partial charge in [-0.25, -0.2) is 4.98 Å². The van der Waals surface area contributed by atoms with Crippen molar-refractivity contribution in [2.45, 2.75) is 12.4 Å². The van der Waals surface area contributed by atoms with Crippen LogP contribution in [-0.4, -0.2) is 4.98 Å². The molecule has 0 spiro atoms. The number of nitrogens with one attached hydrogen (secondary N) is 1. The summed E-state index contributed by atoms with van der Waals surface area (Å²) >= 11 is 5.47. The van der Waals surface area contributed by atoms with E-state index in [2.05, 4.69) is 10.3 Å². The number of halogens is 7. The van der Waals surface area contributed by atoms with Gasteiger partial charge in [0.25, 0.3) is 0 Å². The molecule has 1 aromatic carbocycles. The highest BCUT2D eigenvalue weighted by Gasteiger charge is 2.34. The number of aromatic nitrogens is 1. The molecule has 10 heteroatoms. The number of nitrogen functional groups attached to an aromatic ring is 1. The normalized spacial score (nSPS) is 12.3. The van der Waals surface area contributed by atoms with E-state index < -0.39 is 28.5 Å². The van der Waals surface area contributed by atoms with Crippen molar-refractivity contribution in [2.24, 2.45) is 0 Å². The maximum absolute atomic E-state index is 12.8. The lowest BCUT2D eigenvalue weighted by Crippen LogP contribution is -2.09. The van der Waals surface area contributed by atoms with Crippen molar-refractivity contribution in [2.75, 3.05) is 11.1 Å². The quantitative estimate of drug-likeness (QED) is 0.737. The van der Waals surface area contributed by atoms with Gasteiger partial charge in [0.1, 0.15) is 5.82 Å². The number of anilines is 3. The number of nitrogens with zero attached hydrogens (tertiary/aromatic N) is 1. The van der Waals surface area contributed by atoms with Gasteiger partial charge < -0.3 is 11.1 Å². The van der Waals surface area contributed by atoms with Gasteiger partial charge in [-0.15, -0.1) is 0 Å². The summed E-state index contributed by atoms with van der Waals surface area (Å²) in [6, 6.07) is 3.48. The van der Waals surface area contributed by atoms with Crippen molar-refractivity contribution in [3.63, 3.8) is 0 Å². The van der Waals surface area contributed by atoms with Crippen LogP contribution in [0.2, 0.25) is 5.02 Å². The Bertz CT molecular complexity index is 727. The molecule has 2 rings (SSSR count). The number of pyridine rings is 1. The number of hydrogen-bond donors (Lipinski definition) is 2. The van der Waals surface area contributed by atoms with Gasteiger partial charge in [0.05, 0.1) is 21.8 Å². The van der Waals surface area contributed by atoms with Gasteiger partial charge in [0, 0.05) is 11.9 Å². The number of hydrogen-bond acceptors (Lipinski definition) is 3. The van der Waals surface area contributed by atoms with E-state index in [1.807, 2.05) is 0 Å². The smallest absolute Gasteiger partial charge is 0.382 e. The minimum atomic E-state index is -4.70. The summed E-state index contributed by atoms with van der Waals surface area (Å²) < 4.78 is 76.2. The third-order valence-corrected chi connectivity index (χ3v) is 3.13. The first-order valence-electron chi connectivity index (χ1n) is 5.95. The summed E-state index contributed by atoms with van der Waals surface area (Å²) in [7, 11) is 0. The highest BCUT2D eigenvalue weighted by molar-refractivity contribution is 6.31. The van der Waals surface area contributed by atoms with E-state index in [1.165, 1.54) is 6.07 Å². The van der Waals surface area contributed by atoms with Crippen molar-refractivity contribution in [1.29, 1.82) is 0 Å². The lowest BCUT2D eigenvalue weighted by Gasteiger charge is -2.14. The molecule has 1 aromatic heterocycles. The molecule has 0 saturated heterocycles. The van der Waals surface area contributed by atoms with E-state index in [4.69, 9.17) is 17.3 Å². The first kappa shape index (κ1) is 17.2. The number of benzene rings is 1. The molecule has 0 radical (unpaired) electrons. The molecule has 3 nitrogen and oxygen atoms in total. The molecule has 3 N–H and O–H groups in total. The Kier molecular flexibility index (Phi) is 4.34. The minimum Gasteiger partial charge on any atom is -0.382 e. The molecule has 0 saturated carbocycles. The second kappa shape index (κ2) is 5.80. The molecule has 0 atom stereocenters. The molecule has 0 unspecified atom stereocenters. The zero-order valence-corrected chi connectivity index (χ0v) is 11.8. The largest absolute Gasteiger partial charge is 0.417 e. The zero-order valence-electron chi connectivity index (χ0n) is 11.1. The van der Waals surface area contributed by atoms with Crippen LogP contribution < -0.4 is 11.1 Å². The Morgan fingerprint density at radius 2 is 1.65 bits per heavy atom. The molecule has 0 fully saturated rings. The van der Waals surface area contributed by atoms with Crippen LogP contribution in [0.25, 0.3) is 0 Å². The second-order valence-electron chi connectivity index (χ2n) is 4.47. The van der Waals surface area contributed by atoms with Crippen LogP contribution in [0.4, 0.5) is 43.5 Å². The van der Waals surface area contributed by atoms with Crippen molar-refractivity contribution >= 4 is 28.8 Å². The fraction of sp³-hybridized carbons (Fsp3) is 0.154. The average molecular weight is 356 g/mol. The number of alkyl halides is 6. The molecular formula is C13H8ClF6N3. The fourth-order valence-electron chi connectivity index (χ4n) is 1.71. The third kappa shape index (κ3) is 3.98. The van der Waals surface area contributed by atoms with E-state index in [0.717, 1.165) is 6.07 Å². The molecule has 23 heavy (non-hydrogen) atoms. The van der Waals surface area contributed by atoms with E-state index in [0.29, 0.717) is 18.3 Å². The fourth-order valence-corrected chi connectivity index (χ4v) is 1.93. The third-order valence-electron chi connectivity index (χ3n) is 2.80. The van der Waals surface area contributed by atoms with Crippen LogP contribution in [0.1, 0.15) is 11.1 Å². The van der Waals surface area contributed by atoms with Crippen LogP contribution >= 0.6 is 11.6 Å². The molecule has 1 heterocycles. The van der Waals surface area contributed by atoms with Crippen LogP contribution in [0.15, 0.2) is 30.5 Å². The van der Waals surface area contributed by atoms with Crippen LogP contribution in [0.3, 0.4) is 0 Å². The first-order chi connectivity index (χ1) is 10.5. The highest BCUT2D eigenvalue weighted by atomic mass is 35.5. The molecule has 0 amide bonds. The Labute approximate surface area is 131 Å². The van der Waals surface area contributed by atoms with E-state index in [1.54, 1.807) is 0 Å². The summed E-state index contributed by atoms with van der Waals surface area (Å²) in [5.74, 6) is -0.290. The monoisotopic (exact) mass is 355 g/mol. The van der Waals surface area contributed by atoms with Gasteiger partial charge in [0.15, 0.2) is 0 Å². The average Bonchev–Trinajstić information content (AvgIpc) is 2.40. The lowest BCUT2D eigenvalue weighted by molar-refractivity contribution is -0.138. The van der Waals surface area contributed by atoms with Crippen LogP contribution in [0.5, 0.6) is 0 Å². The predicted octanol–water partition coefficient (Wildman–Crippen LogP) is 5.10. The van der Waals surface area contributed by atoms with Crippen molar-refractivity contribution in [3.8, 4) is 0 Å². The van der Waals surface area contributed by atoms with Gasteiger partial charge in [0.2, 0.25) is 0 Å². The van der Waals surface area contributed by atoms with Gasteiger partial charge in [-0.3, -0.25) is 0 Å².